The highest BCUT2D eigenvalue weighted by molar-refractivity contribution is 5.76. The Hall–Kier alpha value is -0.610. The van der Waals surface area contributed by atoms with Gasteiger partial charge in [0.15, 0.2) is 0 Å². The molecule has 15 heavy (non-hydrogen) atoms. The van der Waals surface area contributed by atoms with E-state index in [1.807, 2.05) is 0 Å². The van der Waals surface area contributed by atoms with Gasteiger partial charge < -0.3 is 15.4 Å². The number of amides is 1. The van der Waals surface area contributed by atoms with Crippen molar-refractivity contribution in [2.75, 3.05) is 19.8 Å². The van der Waals surface area contributed by atoms with Gasteiger partial charge in [0.1, 0.15) is 0 Å². The lowest BCUT2D eigenvalue weighted by molar-refractivity contribution is -0.122. The first-order valence-electron chi connectivity index (χ1n) is 5.79. The Balaban J connectivity index is 1.81. The average Bonchev–Trinajstić information content (AvgIpc) is 2.94. The number of rotatable bonds is 8. The van der Waals surface area contributed by atoms with Gasteiger partial charge in [0.05, 0.1) is 13.2 Å². The van der Waals surface area contributed by atoms with Crippen molar-refractivity contribution in [2.24, 2.45) is 0 Å². The van der Waals surface area contributed by atoms with Gasteiger partial charge in [-0.1, -0.05) is 13.8 Å². The zero-order chi connectivity index (χ0) is 11.1. The molecule has 0 saturated heterocycles. The summed E-state index contributed by atoms with van der Waals surface area (Å²) >= 11 is 0. The van der Waals surface area contributed by atoms with Gasteiger partial charge in [0.2, 0.25) is 5.91 Å². The second-order valence-corrected chi connectivity index (χ2v) is 4.31. The number of carbonyl (C=O) groups is 1. The molecular formula is C11H22N2O2. The summed E-state index contributed by atoms with van der Waals surface area (Å²) < 4.78 is 5.33. The largest absolute Gasteiger partial charge is 0.380 e. The lowest BCUT2D eigenvalue weighted by atomic mass is 10.4. The quantitative estimate of drug-likeness (QED) is 0.584. The first kappa shape index (κ1) is 12.5. The third-order valence-electron chi connectivity index (χ3n) is 2.21. The lowest BCUT2D eigenvalue weighted by Crippen LogP contribution is -2.28. The molecule has 0 aromatic rings. The predicted octanol–water partition coefficient (Wildman–Crippen LogP) is 0.670. The molecule has 0 spiro atoms. The van der Waals surface area contributed by atoms with E-state index in [-0.39, 0.29) is 5.91 Å². The molecule has 1 amide bonds. The summed E-state index contributed by atoms with van der Waals surface area (Å²) in [6, 6.07) is 0.951. The Morgan fingerprint density at radius 2 is 2.13 bits per heavy atom. The zero-order valence-electron chi connectivity index (χ0n) is 9.71. The number of carbonyl (C=O) groups excluding carboxylic acids is 1. The Morgan fingerprint density at radius 3 is 2.73 bits per heavy atom. The summed E-state index contributed by atoms with van der Waals surface area (Å²) in [7, 11) is 0. The maximum Gasteiger partial charge on any atom is 0.222 e. The van der Waals surface area contributed by atoms with Gasteiger partial charge >= 0.3 is 0 Å². The van der Waals surface area contributed by atoms with E-state index in [1.54, 1.807) is 0 Å². The summed E-state index contributed by atoms with van der Waals surface area (Å²) in [5.41, 5.74) is 0. The van der Waals surface area contributed by atoms with Crippen LogP contribution < -0.4 is 10.6 Å². The van der Waals surface area contributed by atoms with Crippen LogP contribution in [-0.4, -0.2) is 37.7 Å². The highest BCUT2D eigenvalue weighted by Crippen LogP contribution is 2.18. The van der Waals surface area contributed by atoms with Crippen LogP contribution in [0.4, 0.5) is 0 Å². The molecule has 0 aromatic heterocycles. The molecule has 1 aliphatic rings. The van der Waals surface area contributed by atoms with Crippen molar-refractivity contribution in [3.8, 4) is 0 Å². The molecule has 0 aliphatic heterocycles. The SMILES string of the molecule is CC(C)NCCOCCC(=O)NC1CC1. The van der Waals surface area contributed by atoms with Gasteiger partial charge in [-0.25, -0.2) is 0 Å². The van der Waals surface area contributed by atoms with Crippen LogP contribution in [0.3, 0.4) is 0 Å². The lowest BCUT2D eigenvalue weighted by Gasteiger charge is -2.08. The Labute approximate surface area is 91.8 Å². The fourth-order valence-electron chi connectivity index (χ4n) is 1.21. The number of nitrogens with one attached hydrogen (secondary N) is 2. The minimum atomic E-state index is 0.120. The highest BCUT2D eigenvalue weighted by atomic mass is 16.5. The molecule has 0 radical (unpaired) electrons. The van der Waals surface area contributed by atoms with Crippen molar-refractivity contribution < 1.29 is 9.53 Å². The first-order valence-corrected chi connectivity index (χ1v) is 5.79. The maximum absolute atomic E-state index is 11.2. The molecule has 0 unspecified atom stereocenters. The van der Waals surface area contributed by atoms with E-state index in [4.69, 9.17) is 4.74 Å². The van der Waals surface area contributed by atoms with E-state index in [9.17, 15) is 4.79 Å². The molecule has 1 saturated carbocycles. The standard InChI is InChI=1S/C11H22N2O2/c1-9(2)12-6-8-15-7-5-11(14)13-10-3-4-10/h9-10,12H,3-8H2,1-2H3,(H,13,14). The zero-order valence-corrected chi connectivity index (χ0v) is 9.71. The molecule has 1 aliphatic carbocycles. The Morgan fingerprint density at radius 1 is 1.40 bits per heavy atom. The van der Waals surface area contributed by atoms with Crippen LogP contribution in [0.25, 0.3) is 0 Å². The van der Waals surface area contributed by atoms with Gasteiger partial charge in [-0.05, 0) is 12.8 Å². The van der Waals surface area contributed by atoms with E-state index in [2.05, 4.69) is 24.5 Å². The molecule has 0 atom stereocenters. The minimum Gasteiger partial charge on any atom is -0.380 e. The van der Waals surface area contributed by atoms with Gasteiger partial charge in [0.25, 0.3) is 0 Å². The van der Waals surface area contributed by atoms with Crippen molar-refractivity contribution in [1.82, 2.24) is 10.6 Å². The van der Waals surface area contributed by atoms with E-state index in [1.165, 1.54) is 0 Å². The topological polar surface area (TPSA) is 50.4 Å². The summed E-state index contributed by atoms with van der Waals surface area (Å²) in [6.45, 7) is 6.25. The average molecular weight is 214 g/mol. The second-order valence-electron chi connectivity index (χ2n) is 4.31. The highest BCUT2D eigenvalue weighted by Gasteiger charge is 2.22. The normalized spacial score (nSPS) is 15.7. The fraction of sp³-hybridized carbons (Fsp3) is 0.909. The van der Waals surface area contributed by atoms with Gasteiger partial charge in [-0.2, -0.15) is 0 Å². The van der Waals surface area contributed by atoms with E-state index in [0.717, 1.165) is 19.4 Å². The van der Waals surface area contributed by atoms with Crippen LogP contribution >= 0.6 is 0 Å². The summed E-state index contributed by atoms with van der Waals surface area (Å²) in [6.07, 6.45) is 2.77. The molecule has 88 valence electrons. The molecule has 2 N–H and O–H groups in total. The molecule has 4 nitrogen and oxygen atoms in total. The first-order chi connectivity index (χ1) is 7.18. The van der Waals surface area contributed by atoms with Crippen molar-refractivity contribution in [2.45, 2.75) is 45.2 Å². The van der Waals surface area contributed by atoms with Crippen molar-refractivity contribution in [1.29, 1.82) is 0 Å². The van der Waals surface area contributed by atoms with E-state index in [0.29, 0.717) is 31.7 Å². The number of hydrogen-bond donors (Lipinski definition) is 2. The number of hydrogen-bond acceptors (Lipinski definition) is 3. The smallest absolute Gasteiger partial charge is 0.222 e. The maximum atomic E-state index is 11.2. The van der Waals surface area contributed by atoms with Gasteiger partial charge in [-0.15, -0.1) is 0 Å². The van der Waals surface area contributed by atoms with Crippen LogP contribution in [-0.2, 0) is 9.53 Å². The summed E-state index contributed by atoms with van der Waals surface area (Å²) in [5, 5.41) is 6.18. The van der Waals surface area contributed by atoms with E-state index < -0.39 is 0 Å². The molecule has 0 heterocycles. The third-order valence-corrected chi connectivity index (χ3v) is 2.21. The fourth-order valence-corrected chi connectivity index (χ4v) is 1.21. The number of ether oxygens (including phenoxy) is 1. The molecule has 1 rings (SSSR count). The Kier molecular flexibility index (Phi) is 5.65. The third kappa shape index (κ3) is 7.33. The van der Waals surface area contributed by atoms with E-state index >= 15 is 0 Å². The van der Waals surface area contributed by atoms with Crippen molar-refractivity contribution >= 4 is 5.91 Å². The van der Waals surface area contributed by atoms with Crippen LogP contribution in [0.15, 0.2) is 0 Å². The molecule has 0 aromatic carbocycles. The predicted molar refractivity (Wildman–Crippen MR) is 59.7 cm³/mol. The van der Waals surface area contributed by atoms with Crippen LogP contribution in [0.5, 0.6) is 0 Å². The second kappa shape index (κ2) is 6.80. The minimum absolute atomic E-state index is 0.120. The van der Waals surface area contributed by atoms with Gasteiger partial charge in [-0.3, -0.25) is 4.79 Å². The van der Waals surface area contributed by atoms with Crippen molar-refractivity contribution in [3.63, 3.8) is 0 Å². The monoisotopic (exact) mass is 214 g/mol. The van der Waals surface area contributed by atoms with Crippen molar-refractivity contribution in [3.05, 3.63) is 0 Å². The van der Waals surface area contributed by atoms with Gasteiger partial charge in [0, 0.05) is 25.0 Å². The summed E-state index contributed by atoms with van der Waals surface area (Å²) in [4.78, 5) is 11.2. The van der Waals surface area contributed by atoms with Crippen LogP contribution in [0.1, 0.15) is 33.1 Å². The molecule has 0 bridgehead atoms. The molecular weight excluding hydrogens is 192 g/mol. The van der Waals surface area contributed by atoms with Crippen LogP contribution in [0, 0.1) is 0 Å². The molecule has 1 fully saturated rings. The summed E-state index contributed by atoms with van der Waals surface area (Å²) in [5.74, 6) is 0.120. The molecule has 4 heteroatoms. The van der Waals surface area contributed by atoms with Crippen LogP contribution in [0.2, 0.25) is 0 Å². The Bertz CT molecular complexity index is 191.